The number of carbonyl (C=O) groups excluding carboxylic acids is 1. The van der Waals surface area contributed by atoms with E-state index in [0.29, 0.717) is 12.3 Å². The van der Waals surface area contributed by atoms with Crippen molar-refractivity contribution in [2.75, 3.05) is 0 Å². The Morgan fingerprint density at radius 3 is 1.97 bits per heavy atom. The molecule has 0 saturated carbocycles. The standard InChI is InChI=1S/C26H48O2Si/c1-8-9-10-11-12-13-14-15-16-17-18-23(19-22(2)27)24-20-25(28-21-24)29(6,7)26(3,4)5/h20-21,23H,8-19H2,1-7H3. The smallest absolute Gasteiger partial charge is 0.131 e. The summed E-state index contributed by atoms with van der Waals surface area (Å²) in [6.07, 6.45) is 17.2. The van der Waals surface area contributed by atoms with Crippen LogP contribution < -0.4 is 5.38 Å². The second-order valence-corrected chi connectivity index (χ2v) is 15.9. The lowest BCUT2D eigenvalue weighted by Crippen LogP contribution is -2.48. The van der Waals surface area contributed by atoms with Gasteiger partial charge in [-0.15, -0.1) is 0 Å². The van der Waals surface area contributed by atoms with E-state index < -0.39 is 8.07 Å². The van der Waals surface area contributed by atoms with Gasteiger partial charge < -0.3 is 9.21 Å². The summed E-state index contributed by atoms with van der Waals surface area (Å²) in [6, 6.07) is 2.28. The largest absolute Gasteiger partial charge is 0.474 e. The van der Waals surface area contributed by atoms with Gasteiger partial charge in [0.05, 0.1) is 11.6 Å². The number of hydrogen-bond donors (Lipinski definition) is 0. The van der Waals surface area contributed by atoms with E-state index in [-0.39, 0.29) is 10.8 Å². The van der Waals surface area contributed by atoms with Crippen LogP contribution in [-0.2, 0) is 4.79 Å². The van der Waals surface area contributed by atoms with Gasteiger partial charge in [0.15, 0.2) is 0 Å². The Morgan fingerprint density at radius 1 is 0.966 bits per heavy atom. The molecule has 0 aliphatic heterocycles. The van der Waals surface area contributed by atoms with Gasteiger partial charge in [-0.25, -0.2) is 0 Å². The first-order chi connectivity index (χ1) is 13.6. The summed E-state index contributed by atoms with van der Waals surface area (Å²) < 4.78 is 6.07. The highest BCUT2D eigenvalue weighted by Gasteiger charge is 2.40. The van der Waals surface area contributed by atoms with E-state index in [0.717, 1.165) is 6.42 Å². The van der Waals surface area contributed by atoms with E-state index in [2.05, 4.69) is 46.9 Å². The molecule has 0 radical (unpaired) electrons. The lowest BCUT2D eigenvalue weighted by Gasteiger charge is -2.34. The highest BCUT2D eigenvalue weighted by Crippen LogP contribution is 2.37. The van der Waals surface area contributed by atoms with Crippen LogP contribution in [0.1, 0.15) is 123 Å². The fraction of sp³-hybridized carbons (Fsp3) is 0.808. The average molecular weight is 421 g/mol. The van der Waals surface area contributed by atoms with Gasteiger partial charge in [0.2, 0.25) is 0 Å². The predicted octanol–water partition coefficient (Wildman–Crippen LogP) is 8.37. The normalized spacial score (nSPS) is 13.6. The Hall–Kier alpha value is -0.833. The van der Waals surface area contributed by atoms with Crippen molar-refractivity contribution in [1.82, 2.24) is 0 Å². The van der Waals surface area contributed by atoms with Gasteiger partial charge in [-0.3, -0.25) is 0 Å². The Labute approximate surface area is 182 Å². The van der Waals surface area contributed by atoms with Crippen molar-refractivity contribution in [2.45, 2.75) is 136 Å². The van der Waals surface area contributed by atoms with Crippen molar-refractivity contribution in [2.24, 2.45) is 0 Å². The molecule has 0 aliphatic rings. The number of rotatable bonds is 15. The van der Waals surface area contributed by atoms with E-state index >= 15 is 0 Å². The molecule has 2 nitrogen and oxygen atoms in total. The zero-order valence-corrected chi connectivity index (χ0v) is 21.5. The van der Waals surface area contributed by atoms with Crippen LogP contribution in [0.3, 0.4) is 0 Å². The van der Waals surface area contributed by atoms with Crippen molar-refractivity contribution in [3.8, 4) is 0 Å². The first-order valence-electron chi connectivity index (χ1n) is 12.2. The van der Waals surface area contributed by atoms with Crippen LogP contribution >= 0.6 is 0 Å². The Kier molecular flexibility index (Phi) is 11.5. The second kappa shape index (κ2) is 12.8. The summed E-state index contributed by atoms with van der Waals surface area (Å²) in [6.45, 7) is 15.7. The fourth-order valence-corrected chi connectivity index (χ4v) is 5.49. The molecule has 0 spiro atoms. The van der Waals surface area contributed by atoms with Crippen LogP contribution in [0.25, 0.3) is 0 Å². The van der Waals surface area contributed by atoms with E-state index in [1.54, 1.807) is 6.92 Å². The molecule has 0 aliphatic carbocycles. The zero-order chi connectivity index (χ0) is 21.9. The maximum Gasteiger partial charge on any atom is 0.131 e. The van der Waals surface area contributed by atoms with E-state index in [4.69, 9.17) is 4.42 Å². The van der Waals surface area contributed by atoms with Crippen molar-refractivity contribution in [1.29, 1.82) is 0 Å². The quantitative estimate of drug-likeness (QED) is 0.211. The third-order valence-electron chi connectivity index (χ3n) is 7.02. The first-order valence-corrected chi connectivity index (χ1v) is 15.2. The summed E-state index contributed by atoms with van der Waals surface area (Å²) in [5.74, 6) is 0.612. The Morgan fingerprint density at radius 2 is 1.48 bits per heavy atom. The van der Waals surface area contributed by atoms with Crippen LogP contribution in [0.2, 0.25) is 18.1 Å². The molecule has 168 valence electrons. The van der Waals surface area contributed by atoms with Crippen LogP contribution in [0.4, 0.5) is 0 Å². The fourth-order valence-electron chi connectivity index (χ4n) is 3.87. The average Bonchev–Trinajstić information content (AvgIpc) is 3.11. The lowest BCUT2D eigenvalue weighted by atomic mass is 9.90. The van der Waals surface area contributed by atoms with Gasteiger partial charge in [-0.1, -0.05) is 105 Å². The minimum Gasteiger partial charge on any atom is -0.474 e. The van der Waals surface area contributed by atoms with E-state index in [1.807, 2.05) is 6.26 Å². The summed E-state index contributed by atoms with van der Waals surface area (Å²) in [4.78, 5) is 11.9. The maximum atomic E-state index is 11.9. The molecule has 1 rings (SSSR count). The summed E-state index contributed by atoms with van der Waals surface area (Å²) in [5, 5.41) is 1.44. The maximum absolute atomic E-state index is 11.9. The van der Waals surface area contributed by atoms with Crippen molar-refractivity contribution < 1.29 is 9.21 Å². The van der Waals surface area contributed by atoms with Gasteiger partial charge in [0, 0.05) is 6.42 Å². The minimum absolute atomic E-state index is 0.259. The van der Waals surface area contributed by atoms with Gasteiger partial charge in [-0.2, -0.15) is 0 Å². The first kappa shape index (κ1) is 26.2. The van der Waals surface area contributed by atoms with Crippen molar-refractivity contribution in [3.05, 3.63) is 17.9 Å². The molecule has 1 aromatic heterocycles. The van der Waals surface area contributed by atoms with Crippen LogP contribution in [0.5, 0.6) is 0 Å². The molecule has 0 N–H and O–H groups in total. The molecular formula is C26H48O2Si. The summed E-state index contributed by atoms with van der Waals surface area (Å²) >= 11 is 0. The highest BCUT2D eigenvalue weighted by atomic mass is 28.3. The molecule has 1 aromatic rings. The summed E-state index contributed by atoms with van der Waals surface area (Å²) in [5.41, 5.74) is 1.25. The minimum atomic E-state index is -1.66. The molecule has 0 bridgehead atoms. The van der Waals surface area contributed by atoms with Crippen LogP contribution in [-0.4, -0.2) is 13.9 Å². The second-order valence-electron chi connectivity index (χ2n) is 10.7. The number of Topliss-reactive ketones (excluding diaryl/α,β-unsaturated/α-hetero) is 1. The van der Waals surface area contributed by atoms with Crippen molar-refractivity contribution >= 4 is 19.2 Å². The third-order valence-corrected chi connectivity index (χ3v) is 12.3. The van der Waals surface area contributed by atoms with Crippen LogP contribution in [0, 0.1) is 0 Å². The Balaban J connectivity index is 2.48. The molecule has 1 atom stereocenters. The molecule has 0 saturated heterocycles. The number of unbranched alkanes of at least 4 members (excludes halogenated alkanes) is 9. The number of furan rings is 1. The molecule has 1 heterocycles. The van der Waals surface area contributed by atoms with Crippen molar-refractivity contribution in [3.63, 3.8) is 0 Å². The number of ketones is 1. The third kappa shape index (κ3) is 9.23. The predicted molar refractivity (Wildman–Crippen MR) is 130 cm³/mol. The molecule has 3 heteroatoms. The molecule has 0 amide bonds. The van der Waals surface area contributed by atoms with E-state index in [1.165, 1.54) is 75.2 Å². The van der Waals surface area contributed by atoms with Crippen LogP contribution in [0.15, 0.2) is 16.7 Å². The highest BCUT2D eigenvalue weighted by molar-refractivity contribution is 6.91. The van der Waals surface area contributed by atoms with E-state index in [9.17, 15) is 4.79 Å². The monoisotopic (exact) mass is 420 g/mol. The number of carbonyl (C=O) groups is 1. The molecule has 29 heavy (non-hydrogen) atoms. The van der Waals surface area contributed by atoms with Gasteiger partial charge in [-0.05, 0) is 35.9 Å². The Bertz CT molecular complexity index is 580. The zero-order valence-electron chi connectivity index (χ0n) is 20.5. The van der Waals surface area contributed by atoms with Gasteiger partial charge in [0.1, 0.15) is 13.9 Å². The van der Waals surface area contributed by atoms with Gasteiger partial charge in [0.25, 0.3) is 0 Å². The summed E-state index contributed by atoms with van der Waals surface area (Å²) in [7, 11) is -1.66. The lowest BCUT2D eigenvalue weighted by molar-refractivity contribution is -0.117. The molecule has 0 aromatic carbocycles. The molecule has 0 fully saturated rings. The molecule has 1 unspecified atom stereocenters. The number of hydrogen-bond acceptors (Lipinski definition) is 2. The topological polar surface area (TPSA) is 30.2 Å². The molecular weight excluding hydrogens is 372 g/mol. The SMILES string of the molecule is CCCCCCCCCCCCC(CC(C)=O)c1coc([Si](C)(C)C(C)(C)C)c1. The van der Waals surface area contributed by atoms with Gasteiger partial charge >= 0.3 is 0 Å².